The highest BCUT2D eigenvalue weighted by Gasteiger charge is 2.15. The van der Waals surface area contributed by atoms with E-state index in [4.69, 9.17) is 4.74 Å². The van der Waals surface area contributed by atoms with Crippen molar-refractivity contribution < 1.29 is 4.74 Å². The molecule has 1 aromatic heterocycles. The van der Waals surface area contributed by atoms with Crippen LogP contribution in [-0.2, 0) is 11.3 Å². The largest absolute Gasteiger partial charge is 0.377 e. The van der Waals surface area contributed by atoms with Crippen molar-refractivity contribution in [2.75, 3.05) is 13.2 Å². The molecule has 0 aliphatic rings. The third kappa shape index (κ3) is 3.61. The summed E-state index contributed by atoms with van der Waals surface area (Å²) in [6.45, 7) is 10.8. The molecule has 92 valence electrons. The van der Waals surface area contributed by atoms with Crippen molar-refractivity contribution in [2.24, 2.45) is 0 Å². The van der Waals surface area contributed by atoms with Crippen molar-refractivity contribution in [1.82, 2.24) is 15.1 Å². The molecule has 4 nitrogen and oxygen atoms in total. The molecule has 0 bridgehead atoms. The molecule has 0 radical (unpaired) electrons. The molecular weight excluding hydrogens is 202 g/mol. The molecule has 16 heavy (non-hydrogen) atoms. The number of likely N-dealkylation sites (N-methyl/N-ethyl adjacent to an activating group) is 1. The first-order valence-corrected chi connectivity index (χ1v) is 6.05. The van der Waals surface area contributed by atoms with Gasteiger partial charge in [-0.1, -0.05) is 6.92 Å². The Morgan fingerprint density at radius 1 is 1.44 bits per heavy atom. The minimum absolute atomic E-state index is 0.231. The van der Waals surface area contributed by atoms with Gasteiger partial charge < -0.3 is 10.1 Å². The molecule has 1 heterocycles. The Labute approximate surface area is 98.0 Å². The molecule has 1 aromatic rings. The third-order valence-corrected chi connectivity index (χ3v) is 2.45. The number of nitrogens with zero attached hydrogens (tertiary/aromatic N) is 2. The summed E-state index contributed by atoms with van der Waals surface area (Å²) in [6, 6.07) is 2.29. The van der Waals surface area contributed by atoms with E-state index in [1.165, 1.54) is 5.69 Å². The van der Waals surface area contributed by atoms with Crippen LogP contribution in [0.25, 0.3) is 0 Å². The Morgan fingerprint density at radius 2 is 2.19 bits per heavy atom. The average molecular weight is 225 g/mol. The van der Waals surface area contributed by atoms with Crippen molar-refractivity contribution in [3.63, 3.8) is 0 Å². The van der Waals surface area contributed by atoms with Gasteiger partial charge in [-0.15, -0.1) is 0 Å². The molecule has 0 spiro atoms. The molecule has 1 atom stereocenters. The van der Waals surface area contributed by atoms with E-state index in [2.05, 4.69) is 44.2 Å². The highest BCUT2D eigenvalue weighted by molar-refractivity contribution is 5.07. The Morgan fingerprint density at radius 3 is 2.75 bits per heavy atom. The lowest BCUT2D eigenvalue weighted by Crippen LogP contribution is -2.28. The molecule has 0 saturated carbocycles. The van der Waals surface area contributed by atoms with Gasteiger partial charge in [0, 0.05) is 12.7 Å². The monoisotopic (exact) mass is 225 g/mol. The third-order valence-electron chi connectivity index (χ3n) is 2.45. The van der Waals surface area contributed by atoms with Crippen LogP contribution in [0.4, 0.5) is 0 Å². The van der Waals surface area contributed by atoms with Gasteiger partial charge in [-0.05, 0) is 33.4 Å². The van der Waals surface area contributed by atoms with Gasteiger partial charge in [-0.3, -0.25) is 4.68 Å². The summed E-state index contributed by atoms with van der Waals surface area (Å²) in [5, 5.41) is 7.72. The Hall–Kier alpha value is -0.870. The number of nitrogens with one attached hydrogen (secondary N) is 1. The van der Waals surface area contributed by atoms with Crippen molar-refractivity contribution in [3.05, 3.63) is 18.0 Å². The van der Waals surface area contributed by atoms with Gasteiger partial charge in [-0.2, -0.15) is 5.10 Å². The van der Waals surface area contributed by atoms with Gasteiger partial charge in [0.25, 0.3) is 0 Å². The molecular formula is C12H23N3O. The Balaban J connectivity index is 2.68. The first-order chi connectivity index (χ1) is 7.69. The zero-order valence-electron chi connectivity index (χ0n) is 10.7. The topological polar surface area (TPSA) is 39.1 Å². The fourth-order valence-electron chi connectivity index (χ4n) is 1.69. The number of aromatic nitrogens is 2. The Bertz CT molecular complexity index is 296. The minimum Gasteiger partial charge on any atom is -0.377 e. The number of rotatable bonds is 7. The van der Waals surface area contributed by atoms with Crippen LogP contribution in [0.3, 0.4) is 0 Å². The van der Waals surface area contributed by atoms with Gasteiger partial charge in [0.05, 0.1) is 24.4 Å². The van der Waals surface area contributed by atoms with E-state index in [1.807, 2.05) is 10.9 Å². The highest BCUT2D eigenvalue weighted by atomic mass is 16.5. The summed E-state index contributed by atoms with van der Waals surface area (Å²) in [5.74, 6) is 0. The number of hydrogen-bond acceptors (Lipinski definition) is 3. The second-order valence-electron chi connectivity index (χ2n) is 4.06. The predicted molar refractivity (Wildman–Crippen MR) is 65.4 cm³/mol. The van der Waals surface area contributed by atoms with E-state index in [0.29, 0.717) is 6.61 Å². The summed E-state index contributed by atoms with van der Waals surface area (Å²) in [6.07, 6.45) is 2.11. The molecule has 1 N–H and O–H groups in total. The zero-order valence-corrected chi connectivity index (χ0v) is 10.7. The van der Waals surface area contributed by atoms with E-state index >= 15 is 0 Å². The summed E-state index contributed by atoms with van der Waals surface area (Å²) in [5.41, 5.74) is 1.20. The summed E-state index contributed by atoms with van der Waals surface area (Å²) in [4.78, 5) is 0. The van der Waals surface area contributed by atoms with Crippen LogP contribution >= 0.6 is 0 Å². The second-order valence-corrected chi connectivity index (χ2v) is 4.06. The Kier molecular flexibility index (Phi) is 5.49. The number of aryl methyl sites for hydroxylation is 1. The lowest BCUT2D eigenvalue weighted by atomic mass is 10.2. The van der Waals surface area contributed by atoms with Crippen LogP contribution in [-0.4, -0.2) is 29.0 Å². The van der Waals surface area contributed by atoms with Crippen LogP contribution in [0.2, 0.25) is 0 Å². The maximum atomic E-state index is 5.68. The SMILES string of the molecule is CCNC(COC(C)C)c1ccnn1CC. The molecule has 0 aliphatic carbocycles. The van der Waals surface area contributed by atoms with Crippen LogP contribution < -0.4 is 5.32 Å². The molecule has 0 fully saturated rings. The maximum Gasteiger partial charge on any atom is 0.0729 e. The van der Waals surface area contributed by atoms with E-state index in [0.717, 1.165) is 13.1 Å². The lowest BCUT2D eigenvalue weighted by Gasteiger charge is -2.20. The first-order valence-electron chi connectivity index (χ1n) is 6.05. The quantitative estimate of drug-likeness (QED) is 0.771. The maximum absolute atomic E-state index is 5.68. The van der Waals surface area contributed by atoms with Crippen LogP contribution in [0.1, 0.15) is 39.4 Å². The normalized spacial score (nSPS) is 13.3. The van der Waals surface area contributed by atoms with Gasteiger partial charge in [0.2, 0.25) is 0 Å². The standard InChI is InChI=1S/C12H23N3O/c1-5-13-11(9-16-10(3)4)12-7-8-14-15(12)6-2/h7-8,10-11,13H,5-6,9H2,1-4H3. The molecule has 1 unspecified atom stereocenters. The molecule has 0 amide bonds. The van der Waals surface area contributed by atoms with Crippen molar-refractivity contribution in [3.8, 4) is 0 Å². The summed E-state index contributed by atoms with van der Waals surface area (Å²) in [7, 11) is 0. The molecule has 0 aliphatic heterocycles. The number of hydrogen-bond donors (Lipinski definition) is 1. The summed E-state index contributed by atoms with van der Waals surface area (Å²) >= 11 is 0. The van der Waals surface area contributed by atoms with Gasteiger partial charge >= 0.3 is 0 Å². The molecule has 0 saturated heterocycles. The summed E-state index contributed by atoms with van der Waals surface area (Å²) < 4.78 is 7.69. The average Bonchev–Trinajstić information content (AvgIpc) is 2.71. The van der Waals surface area contributed by atoms with Crippen molar-refractivity contribution >= 4 is 0 Å². The van der Waals surface area contributed by atoms with E-state index < -0.39 is 0 Å². The van der Waals surface area contributed by atoms with E-state index in [1.54, 1.807) is 0 Å². The predicted octanol–water partition coefficient (Wildman–Crippen LogP) is 1.98. The zero-order chi connectivity index (χ0) is 12.0. The van der Waals surface area contributed by atoms with Crippen molar-refractivity contribution in [1.29, 1.82) is 0 Å². The molecule has 4 heteroatoms. The second kappa shape index (κ2) is 6.66. The van der Waals surface area contributed by atoms with Gasteiger partial charge in [0.15, 0.2) is 0 Å². The van der Waals surface area contributed by atoms with Crippen molar-refractivity contribution in [2.45, 2.75) is 46.4 Å². The van der Waals surface area contributed by atoms with Crippen LogP contribution in [0.15, 0.2) is 12.3 Å². The van der Waals surface area contributed by atoms with Gasteiger partial charge in [-0.25, -0.2) is 0 Å². The van der Waals surface area contributed by atoms with Crippen LogP contribution in [0, 0.1) is 0 Å². The van der Waals surface area contributed by atoms with Crippen LogP contribution in [0.5, 0.6) is 0 Å². The highest BCUT2D eigenvalue weighted by Crippen LogP contribution is 2.13. The van der Waals surface area contributed by atoms with Gasteiger partial charge in [0.1, 0.15) is 0 Å². The van der Waals surface area contributed by atoms with E-state index in [9.17, 15) is 0 Å². The minimum atomic E-state index is 0.231. The molecule has 0 aromatic carbocycles. The molecule has 1 rings (SSSR count). The fourth-order valence-corrected chi connectivity index (χ4v) is 1.69. The fraction of sp³-hybridized carbons (Fsp3) is 0.750. The lowest BCUT2D eigenvalue weighted by molar-refractivity contribution is 0.0597. The smallest absolute Gasteiger partial charge is 0.0729 e. The van der Waals surface area contributed by atoms with E-state index in [-0.39, 0.29) is 12.1 Å². The first kappa shape index (κ1) is 13.2. The number of ether oxygens (including phenoxy) is 1.